The van der Waals surface area contributed by atoms with E-state index in [9.17, 15) is 4.79 Å². The molecule has 0 saturated carbocycles. The van der Waals surface area contributed by atoms with Crippen molar-refractivity contribution in [2.75, 3.05) is 11.9 Å². The molecule has 1 aromatic rings. The van der Waals surface area contributed by atoms with Crippen LogP contribution in [-0.4, -0.2) is 24.3 Å². The second-order valence-corrected chi connectivity index (χ2v) is 4.52. The van der Waals surface area contributed by atoms with Crippen LogP contribution in [0.25, 0.3) is 0 Å². The molecule has 0 spiro atoms. The van der Waals surface area contributed by atoms with Gasteiger partial charge in [-0.05, 0) is 35.0 Å². The van der Waals surface area contributed by atoms with Crippen LogP contribution in [0.5, 0.6) is 0 Å². The third kappa shape index (κ3) is 2.41. The highest BCUT2D eigenvalue weighted by atomic mass is 79.9. The van der Waals surface area contributed by atoms with Crippen LogP contribution in [0.2, 0.25) is 0 Å². The van der Waals surface area contributed by atoms with Gasteiger partial charge in [-0.15, -0.1) is 0 Å². The van der Waals surface area contributed by atoms with Gasteiger partial charge in [0.05, 0.1) is 12.2 Å². The van der Waals surface area contributed by atoms with Gasteiger partial charge in [0.1, 0.15) is 0 Å². The monoisotopic (exact) mass is 281 g/mol. The van der Waals surface area contributed by atoms with Crippen molar-refractivity contribution in [3.05, 3.63) is 28.7 Å². The summed E-state index contributed by atoms with van der Waals surface area (Å²) in [6.07, 6.45) is 0. The van der Waals surface area contributed by atoms with Crippen molar-refractivity contribution in [2.45, 2.75) is 13.0 Å². The molecule has 2 N–H and O–H groups in total. The van der Waals surface area contributed by atoms with Gasteiger partial charge in [0.2, 0.25) is 0 Å². The number of benzene rings is 1. The van der Waals surface area contributed by atoms with E-state index < -0.39 is 0 Å². The largest absolute Gasteiger partial charge is 0.361 e. The van der Waals surface area contributed by atoms with E-state index in [4.69, 9.17) is 0 Å². The average molecular weight is 282 g/mol. The summed E-state index contributed by atoms with van der Waals surface area (Å²) in [6.45, 7) is 2.64. The second kappa shape index (κ2) is 4.65. The normalized spacial score (nSPS) is 18.9. The lowest BCUT2D eigenvalue weighted by Crippen LogP contribution is -2.36. The summed E-state index contributed by atoms with van der Waals surface area (Å²) < 4.78 is 0.856. The van der Waals surface area contributed by atoms with E-state index in [2.05, 4.69) is 31.6 Å². The molecule has 1 aliphatic rings. The third-order valence-electron chi connectivity index (χ3n) is 2.24. The van der Waals surface area contributed by atoms with Gasteiger partial charge >= 0.3 is 0 Å². The first-order valence-electron chi connectivity index (χ1n) is 5.03. The SMILES string of the molecule is CC1CN=C(C(=O)Nc2ccccc2Br)N1. The van der Waals surface area contributed by atoms with Gasteiger partial charge in [0, 0.05) is 10.5 Å². The van der Waals surface area contributed by atoms with Crippen molar-refractivity contribution in [3.8, 4) is 0 Å². The minimum Gasteiger partial charge on any atom is -0.361 e. The summed E-state index contributed by atoms with van der Waals surface area (Å²) in [7, 11) is 0. The number of hydrogen-bond acceptors (Lipinski definition) is 3. The highest BCUT2D eigenvalue weighted by molar-refractivity contribution is 9.10. The average Bonchev–Trinajstić information content (AvgIpc) is 2.68. The Morgan fingerprint density at radius 1 is 1.56 bits per heavy atom. The molecule has 1 atom stereocenters. The van der Waals surface area contributed by atoms with E-state index in [-0.39, 0.29) is 11.9 Å². The molecule has 4 nitrogen and oxygen atoms in total. The molecule has 1 aromatic carbocycles. The van der Waals surface area contributed by atoms with Gasteiger partial charge in [-0.25, -0.2) is 0 Å². The van der Waals surface area contributed by atoms with Crippen LogP contribution in [0.15, 0.2) is 33.7 Å². The van der Waals surface area contributed by atoms with Crippen molar-refractivity contribution in [1.29, 1.82) is 0 Å². The molecule has 0 aliphatic carbocycles. The fraction of sp³-hybridized carbons (Fsp3) is 0.273. The van der Waals surface area contributed by atoms with Crippen LogP contribution in [0.3, 0.4) is 0 Å². The molecule has 16 heavy (non-hydrogen) atoms. The fourth-order valence-electron chi connectivity index (χ4n) is 1.43. The maximum Gasteiger partial charge on any atom is 0.290 e. The quantitative estimate of drug-likeness (QED) is 0.868. The lowest BCUT2D eigenvalue weighted by molar-refractivity contribution is -0.110. The van der Waals surface area contributed by atoms with Crippen LogP contribution in [0.4, 0.5) is 5.69 Å². The lowest BCUT2D eigenvalue weighted by atomic mass is 10.3. The zero-order valence-electron chi connectivity index (χ0n) is 8.83. The zero-order valence-corrected chi connectivity index (χ0v) is 10.4. The first-order valence-corrected chi connectivity index (χ1v) is 5.83. The summed E-state index contributed by atoms with van der Waals surface area (Å²) in [6, 6.07) is 7.71. The van der Waals surface area contributed by atoms with Gasteiger partial charge in [-0.2, -0.15) is 0 Å². The van der Waals surface area contributed by atoms with Crippen molar-refractivity contribution < 1.29 is 4.79 Å². The Morgan fingerprint density at radius 2 is 2.31 bits per heavy atom. The van der Waals surface area contributed by atoms with Gasteiger partial charge in [-0.1, -0.05) is 12.1 Å². The molecule has 1 unspecified atom stereocenters. The molecular formula is C11H12BrN3O. The molecule has 2 rings (SSSR count). The Hall–Kier alpha value is -1.36. The first-order chi connectivity index (χ1) is 7.66. The molecule has 1 heterocycles. The molecule has 5 heteroatoms. The molecular weight excluding hydrogens is 270 g/mol. The maximum atomic E-state index is 11.8. The summed E-state index contributed by atoms with van der Waals surface area (Å²) >= 11 is 3.37. The van der Waals surface area contributed by atoms with Crippen LogP contribution in [0.1, 0.15) is 6.92 Å². The van der Waals surface area contributed by atoms with E-state index in [1.54, 1.807) is 0 Å². The molecule has 0 aromatic heterocycles. The number of hydrogen-bond donors (Lipinski definition) is 2. The smallest absolute Gasteiger partial charge is 0.290 e. The van der Waals surface area contributed by atoms with Crippen molar-refractivity contribution in [2.24, 2.45) is 4.99 Å². The third-order valence-corrected chi connectivity index (χ3v) is 2.94. The molecule has 0 fully saturated rings. The second-order valence-electron chi connectivity index (χ2n) is 3.67. The molecule has 1 amide bonds. The van der Waals surface area contributed by atoms with Crippen LogP contribution in [-0.2, 0) is 4.79 Å². The van der Waals surface area contributed by atoms with E-state index in [0.717, 1.165) is 10.2 Å². The minimum atomic E-state index is -0.198. The summed E-state index contributed by atoms with van der Waals surface area (Å²) in [5.74, 6) is 0.208. The molecule has 0 saturated heterocycles. The number of para-hydroxylation sites is 1. The molecule has 0 radical (unpaired) electrons. The van der Waals surface area contributed by atoms with E-state index in [0.29, 0.717) is 12.4 Å². The number of carbonyl (C=O) groups excluding carboxylic acids is 1. The van der Waals surface area contributed by atoms with Gasteiger partial charge in [-0.3, -0.25) is 9.79 Å². The number of nitrogens with one attached hydrogen (secondary N) is 2. The van der Waals surface area contributed by atoms with Crippen molar-refractivity contribution in [3.63, 3.8) is 0 Å². The Morgan fingerprint density at radius 3 is 2.94 bits per heavy atom. The number of halogens is 1. The highest BCUT2D eigenvalue weighted by Crippen LogP contribution is 2.21. The Labute approximate surface area is 102 Å². The maximum absolute atomic E-state index is 11.8. The van der Waals surface area contributed by atoms with Crippen LogP contribution in [0, 0.1) is 0 Å². The number of aliphatic imine (C=N–C) groups is 1. The first kappa shape index (κ1) is 11.1. The number of carbonyl (C=O) groups is 1. The predicted octanol–water partition coefficient (Wildman–Crippen LogP) is 1.78. The number of amides is 1. The fourth-order valence-corrected chi connectivity index (χ4v) is 1.82. The minimum absolute atomic E-state index is 0.198. The Kier molecular flexibility index (Phi) is 3.24. The predicted molar refractivity (Wildman–Crippen MR) is 67.7 cm³/mol. The summed E-state index contributed by atoms with van der Waals surface area (Å²) in [5.41, 5.74) is 0.747. The number of anilines is 1. The van der Waals surface area contributed by atoms with Gasteiger partial charge in [0.25, 0.3) is 5.91 Å². The summed E-state index contributed by atoms with van der Waals surface area (Å²) in [5, 5.41) is 5.81. The van der Waals surface area contributed by atoms with Crippen LogP contribution < -0.4 is 10.6 Å². The van der Waals surface area contributed by atoms with Crippen molar-refractivity contribution in [1.82, 2.24) is 5.32 Å². The Balaban J connectivity index is 2.06. The molecule has 84 valence electrons. The van der Waals surface area contributed by atoms with Crippen molar-refractivity contribution >= 4 is 33.4 Å². The number of amidine groups is 1. The lowest BCUT2D eigenvalue weighted by Gasteiger charge is -2.08. The molecule has 1 aliphatic heterocycles. The summed E-state index contributed by atoms with van der Waals surface area (Å²) in [4.78, 5) is 15.9. The van der Waals surface area contributed by atoms with E-state index in [1.807, 2.05) is 31.2 Å². The van der Waals surface area contributed by atoms with E-state index >= 15 is 0 Å². The zero-order chi connectivity index (χ0) is 11.5. The van der Waals surface area contributed by atoms with Crippen LogP contribution >= 0.6 is 15.9 Å². The van der Waals surface area contributed by atoms with Gasteiger partial charge < -0.3 is 10.6 Å². The topological polar surface area (TPSA) is 53.5 Å². The molecule has 0 bridgehead atoms. The van der Waals surface area contributed by atoms with Gasteiger partial charge in [0.15, 0.2) is 5.84 Å². The Bertz CT molecular complexity index is 445. The number of rotatable bonds is 2. The van der Waals surface area contributed by atoms with E-state index in [1.165, 1.54) is 0 Å². The number of nitrogens with zero attached hydrogens (tertiary/aromatic N) is 1. The standard InChI is InChI=1S/C11H12BrN3O/c1-7-6-13-10(14-7)11(16)15-9-5-3-2-4-8(9)12/h2-5,7H,6H2,1H3,(H,13,14)(H,15,16). The highest BCUT2D eigenvalue weighted by Gasteiger charge is 2.19.